The molecule has 0 fully saturated rings. The minimum Gasteiger partial charge on any atom is -0.480 e. The molecule has 3 N–H and O–H groups in total. The number of carbonyl (C=O) groups is 4. The monoisotopic (exact) mass is 457 g/mol. The van der Waals surface area contributed by atoms with Gasteiger partial charge in [0, 0.05) is 23.6 Å². The van der Waals surface area contributed by atoms with E-state index in [1.54, 1.807) is 37.3 Å². The van der Waals surface area contributed by atoms with Crippen LogP contribution in [0.3, 0.4) is 0 Å². The van der Waals surface area contributed by atoms with Crippen LogP contribution in [0.25, 0.3) is 0 Å². The molecule has 11 nitrogen and oxygen atoms in total. The van der Waals surface area contributed by atoms with Crippen molar-refractivity contribution >= 4 is 29.4 Å². The highest BCUT2D eigenvalue weighted by Gasteiger charge is 2.33. The predicted molar refractivity (Wildman–Crippen MR) is 115 cm³/mol. The zero-order chi connectivity index (χ0) is 24.4. The molecular weight excluding hydrogens is 434 g/mol. The van der Waals surface area contributed by atoms with Crippen LogP contribution >= 0.6 is 0 Å². The number of carboxylic acids is 1. The van der Waals surface area contributed by atoms with E-state index in [9.17, 15) is 34.4 Å². The summed E-state index contributed by atoms with van der Waals surface area (Å²) in [4.78, 5) is 58.8. The number of hydrogen-bond acceptors (Lipinski definition) is 7. The lowest BCUT2D eigenvalue weighted by molar-refractivity contribution is -0.384. The molecule has 0 bridgehead atoms. The fourth-order valence-corrected chi connectivity index (χ4v) is 3.08. The summed E-state index contributed by atoms with van der Waals surface area (Å²) in [5, 5.41) is 25.3. The first kappa shape index (κ1) is 25.0. The third-order valence-corrected chi connectivity index (χ3v) is 4.65. The summed E-state index contributed by atoms with van der Waals surface area (Å²) in [6.45, 7) is 1.16. The van der Waals surface area contributed by atoms with Crippen LogP contribution in [-0.4, -0.2) is 53.0 Å². The van der Waals surface area contributed by atoms with E-state index in [1.165, 1.54) is 24.3 Å². The number of carbonyl (C=O) groups excluding carboxylic acids is 3. The van der Waals surface area contributed by atoms with Gasteiger partial charge < -0.3 is 20.5 Å². The molecule has 2 aromatic carbocycles. The lowest BCUT2D eigenvalue weighted by atomic mass is 9.88. The SMILES string of the molecule is CCOC(=O)C[C@H](c1ccc([N+](=O)[O-])cc1)[C@H](NC(=O)CNC(=O)c1ccccc1)C(=O)O. The highest BCUT2D eigenvalue weighted by atomic mass is 16.6. The molecular formula is C22H23N3O8. The van der Waals surface area contributed by atoms with Crippen molar-refractivity contribution in [2.45, 2.75) is 25.3 Å². The van der Waals surface area contributed by atoms with Gasteiger partial charge >= 0.3 is 11.9 Å². The molecule has 33 heavy (non-hydrogen) atoms. The van der Waals surface area contributed by atoms with Gasteiger partial charge in [-0.1, -0.05) is 30.3 Å². The molecule has 11 heteroatoms. The van der Waals surface area contributed by atoms with Gasteiger partial charge in [-0.15, -0.1) is 0 Å². The van der Waals surface area contributed by atoms with Gasteiger partial charge in [0.05, 0.1) is 24.5 Å². The van der Waals surface area contributed by atoms with E-state index < -0.39 is 47.2 Å². The van der Waals surface area contributed by atoms with Crippen molar-refractivity contribution in [1.82, 2.24) is 10.6 Å². The number of nitro benzene ring substituents is 1. The van der Waals surface area contributed by atoms with Crippen molar-refractivity contribution < 1.29 is 33.9 Å². The number of carboxylic acid groups (broad SMARTS) is 1. The minimum absolute atomic E-state index is 0.0709. The Kier molecular flexibility index (Phi) is 9.04. The Morgan fingerprint density at radius 2 is 1.70 bits per heavy atom. The molecule has 0 radical (unpaired) electrons. The molecule has 0 aliphatic carbocycles. The molecule has 174 valence electrons. The quantitative estimate of drug-likeness (QED) is 0.260. The van der Waals surface area contributed by atoms with Gasteiger partial charge in [-0.05, 0) is 24.6 Å². The van der Waals surface area contributed by atoms with Crippen molar-refractivity contribution in [1.29, 1.82) is 0 Å². The molecule has 0 aromatic heterocycles. The van der Waals surface area contributed by atoms with E-state index in [4.69, 9.17) is 4.74 Å². The average Bonchev–Trinajstić information content (AvgIpc) is 2.80. The number of hydrogen-bond donors (Lipinski definition) is 3. The smallest absolute Gasteiger partial charge is 0.326 e. The van der Waals surface area contributed by atoms with E-state index in [2.05, 4.69) is 10.6 Å². The van der Waals surface area contributed by atoms with Crippen molar-refractivity contribution in [2.75, 3.05) is 13.2 Å². The Labute approximate surface area is 188 Å². The fraction of sp³-hybridized carbons (Fsp3) is 0.273. The van der Waals surface area contributed by atoms with E-state index >= 15 is 0 Å². The van der Waals surface area contributed by atoms with Gasteiger partial charge in [0.1, 0.15) is 6.04 Å². The predicted octanol–water partition coefficient (Wildman–Crippen LogP) is 1.63. The third-order valence-electron chi connectivity index (χ3n) is 4.65. The summed E-state index contributed by atoms with van der Waals surface area (Å²) in [5.74, 6) is -4.50. The van der Waals surface area contributed by atoms with Crippen LogP contribution in [0.15, 0.2) is 54.6 Å². The van der Waals surface area contributed by atoms with Gasteiger partial charge in [-0.2, -0.15) is 0 Å². The molecule has 0 saturated heterocycles. The second-order valence-electron chi connectivity index (χ2n) is 6.90. The zero-order valence-corrected chi connectivity index (χ0v) is 17.7. The number of rotatable bonds is 11. The van der Waals surface area contributed by atoms with Gasteiger partial charge in [-0.25, -0.2) is 4.79 Å². The molecule has 2 amide bonds. The lowest BCUT2D eigenvalue weighted by Gasteiger charge is -2.25. The summed E-state index contributed by atoms with van der Waals surface area (Å²) >= 11 is 0. The number of benzene rings is 2. The van der Waals surface area contributed by atoms with Crippen LogP contribution in [0.2, 0.25) is 0 Å². The molecule has 0 saturated carbocycles. The zero-order valence-electron chi connectivity index (χ0n) is 17.7. The number of nitrogens with zero attached hydrogens (tertiary/aromatic N) is 1. The summed E-state index contributed by atoms with van der Waals surface area (Å²) < 4.78 is 4.91. The summed E-state index contributed by atoms with van der Waals surface area (Å²) in [7, 11) is 0. The van der Waals surface area contributed by atoms with Crippen LogP contribution in [0.4, 0.5) is 5.69 Å². The normalized spacial score (nSPS) is 12.2. The van der Waals surface area contributed by atoms with Gasteiger partial charge in [-0.3, -0.25) is 24.5 Å². The Hall–Kier alpha value is -4.28. The van der Waals surface area contributed by atoms with Crippen LogP contribution in [0.1, 0.15) is 35.2 Å². The van der Waals surface area contributed by atoms with E-state index in [-0.39, 0.29) is 24.3 Å². The van der Waals surface area contributed by atoms with Crippen molar-refractivity contribution in [3.8, 4) is 0 Å². The Morgan fingerprint density at radius 1 is 1.06 bits per heavy atom. The number of amides is 2. The van der Waals surface area contributed by atoms with Crippen LogP contribution in [0.5, 0.6) is 0 Å². The first-order valence-corrected chi connectivity index (χ1v) is 9.98. The Balaban J connectivity index is 2.18. The number of ether oxygens (including phenoxy) is 1. The number of nitrogens with one attached hydrogen (secondary N) is 2. The van der Waals surface area contributed by atoms with Crippen molar-refractivity contribution in [3.05, 3.63) is 75.8 Å². The van der Waals surface area contributed by atoms with E-state index in [0.29, 0.717) is 5.56 Å². The number of aliphatic carboxylic acids is 1. The Morgan fingerprint density at radius 3 is 2.24 bits per heavy atom. The van der Waals surface area contributed by atoms with Crippen molar-refractivity contribution in [2.24, 2.45) is 0 Å². The number of esters is 1. The molecule has 2 atom stereocenters. The molecule has 0 heterocycles. The molecule has 0 aliphatic heterocycles. The first-order valence-electron chi connectivity index (χ1n) is 9.98. The largest absolute Gasteiger partial charge is 0.480 e. The first-order chi connectivity index (χ1) is 15.7. The minimum atomic E-state index is -1.56. The van der Waals surface area contributed by atoms with E-state index in [0.717, 1.165) is 0 Å². The lowest BCUT2D eigenvalue weighted by Crippen LogP contribution is -2.49. The van der Waals surface area contributed by atoms with Gasteiger partial charge in [0.15, 0.2) is 0 Å². The van der Waals surface area contributed by atoms with Gasteiger partial charge in [0.25, 0.3) is 11.6 Å². The highest BCUT2D eigenvalue weighted by molar-refractivity contribution is 5.97. The van der Waals surface area contributed by atoms with Crippen molar-refractivity contribution in [3.63, 3.8) is 0 Å². The van der Waals surface area contributed by atoms with Crippen LogP contribution in [-0.2, 0) is 19.1 Å². The third kappa shape index (κ3) is 7.42. The standard InChI is InChI=1S/C22H23N3O8/c1-2-33-19(27)12-17(14-8-10-16(11-9-14)25(31)32)20(22(29)30)24-18(26)13-23-21(28)15-6-4-3-5-7-15/h3-11,17,20H,2,12-13H2,1H3,(H,23,28)(H,24,26)(H,29,30)/t17-,20+/m1/s1. The average molecular weight is 457 g/mol. The van der Waals surface area contributed by atoms with Crippen LogP contribution < -0.4 is 10.6 Å². The second kappa shape index (κ2) is 11.9. The summed E-state index contributed by atoms with van der Waals surface area (Å²) in [6, 6.07) is 11.6. The highest BCUT2D eigenvalue weighted by Crippen LogP contribution is 2.27. The molecule has 2 aromatic rings. The summed E-state index contributed by atoms with van der Waals surface area (Å²) in [6.07, 6.45) is -0.390. The Bertz CT molecular complexity index is 1010. The topological polar surface area (TPSA) is 165 Å². The molecule has 2 rings (SSSR count). The molecule has 0 unspecified atom stereocenters. The number of nitro groups is 1. The van der Waals surface area contributed by atoms with E-state index in [1.807, 2.05) is 0 Å². The van der Waals surface area contributed by atoms with Crippen LogP contribution in [0, 0.1) is 10.1 Å². The second-order valence-corrected chi connectivity index (χ2v) is 6.90. The molecule has 0 aliphatic rings. The van der Waals surface area contributed by atoms with Gasteiger partial charge in [0.2, 0.25) is 5.91 Å². The maximum Gasteiger partial charge on any atom is 0.326 e. The number of non-ortho nitro benzene ring substituents is 1. The maximum absolute atomic E-state index is 12.4. The molecule has 0 spiro atoms. The maximum atomic E-state index is 12.4. The fourth-order valence-electron chi connectivity index (χ4n) is 3.08. The summed E-state index contributed by atoms with van der Waals surface area (Å²) in [5.41, 5.74) is 0.397.